The molecule has 0 unspecified atom stereocenters. The van der Waals surface area contributed by atoms with Gasteiger partial charge in [0.1, 0.15) is 5.69 Å². The zero-order valence-corrected chi connectivity index (χ0v) is 9.36. The molecule has 1 aromatic rings. The second-order valence-corrected chi connectivity index (χ2v) is 3.73. The standard InChI is InChI=1S/C8H5BrClF2NO/c1-3-2-4(8(11)12)5(9)6(13-3)7(10)14/h2,8H,1H3. The van der Waals surface area contributed by atoms with Gasteiger partial charge in [0.15, 0.2) is 0 Å². The van der Waals surface area contributed by atoms with E-state index < -0.39 is 11.7 Å². The van der Waals surface area contributed by atoms with Crippen molar-refractivity contribution in [2.45, 2.75) is 13.3 Å². The van der Waals surface area contributed by atoms with Crippen molar-refractivity contribution in [3.8, 4) is 0 Å². The second-order valence-electron chi connectivity index (χ2n) is 2.59. The largest absolute Gasteiger partial charge is 0.274 e. The van der Waals surface area contributed by atoms with Crippen molar-refractivity contribution in [2.24, 2.45) is 0 Å². The number of pyridine rings is 1. The van der Waals surface area contributed by atoms with Gasteiger partial charge in [0.2, 0.25) is 0 Å². The first-order chi connectivity index (χ1) is 6.43. The number of hydrogen-bond donors (Lipinski definition) is 0. The van der Waals surface area contributed by atoms with Crippen molar-refractivity contribution < 1.29 is 13.6 Å². The molecule has 0 atom stereocenters. The predicted octanol–water partition coefficient (Wildman–Crippen LogP) is 3.47. The van der Waals surface area contributed by atoms with Crippen LogP contribution in [0.5, 0.6) is 0 Å². The van der Waals surface area contributed by atoms with Gasteiger partial charge in [0.05, 0.1) is 4.47 Å². The van der Waals surface area contributed by atoms with Crippen molar-refractivity contribution in [3.05, 3.63) is 27.5 Å². The molecule has 0 amide bonds. The molecule has 0 bridgehead atoms. The van der Waals surface area contributed by atoms with Gasteiger partial charge in [-0.25, -0.2) is 13.8 Å². The Labute approximate surface area is 92.4 Å². The highest BCUT2D eigenvalue weighted by molar-refractivity contribution is 9.10. The first-order valence-corrected chi connectivity index (χ1v) is 4.75. The number of aryl methyl sites for hydroxylation is 1. The lowest BCUT2D eigenvalue weighted by Gasteiger charge is -2.06. The maximum Gasteiger partial charge on any atom is 0.272 e. The van der Waals surface area contributed by atoms with E-state index in [4.69, 9.17) is 11.6 Å². The van der Waals surface area contributed by atoms with Gasteiger partial charge in [-0.15, -0.1) is 0 Å². The zero-order valence-electron chi connectivity index (χ0n) is 7.02. The smallest absolute Gasteiger partial charge is 0.272 e. The van der Waals surface area contributed by atoms with Crippen LogP contribution in [0, 0.1) is 6.92 Å². The number of hydrogen-bond acceptors (Lipinski definition) is 2. The molecule has 0 radical (unpaired) electrons. The summed E-state index contributed by atoms with van der Waals surface area (Å²) >= 11 is 8.05. The number of aromatic nitrogens is 1. The number of carbonyl (C=O) groups is 1. The summed E-state index contributed by atoms with van der Waals surface area (Å²) in [4.78, 5) is 14.6. The Morgan fingerprint density at radius 2 is 2.21 bits per heavy atom. The van der Waals surface area contributed by atoms with Gasteiger partial charge in [0.25, 0.3) is 11.7 Å². The van der Waals surface area contributed by atoms with E-state index in [1.807, 2.05) is 0 Å². The minimum Gasteiger partial charge on any atom is -0.274 e. The van der Waals surface area contributed by atoms with E-state index in [0.29, 0.717) is 5.69 Å². The third kappa shape index (κ3) is 2.27. The topological polar surface area (TPSA) is 30.0 Å². The van der Waals surface area contributed by atoms with Crippen LogP contribution in [-0.4, -0.2) is 10.2 Å². The predicted molar refractivity (Wildman–Crippen MR) is 51.8 cm³/mol. The molecule has 0 aliphatic heterocycles. The molecule has 1 heterocycles. The number of halogens is 4. The summed E-state index contributed by atoms with van der Waals surface area (Å²) in [5, 5.41) is -0.859. The molecule has 0 saturated carbocycles. The average molecular weight is 284 g/mol. The van der Waals surface area contributed by atoms with E-state index in [1.54, 1.807) is 0 Å². The molecule has 0 fully saturated rings. The summed E-state index contributed by atoms with van der Waals surface area (Å²) in [5.74, 6) is 0. The van der Waals surface area contributed by atoms with Crippen molar-refractivity contribution in [3.63, 3.8) is 0 Å². The summed E-state index contributed by atoms with van der Waals surface area (Å²) in [6.45, 7) is 1.52. The Morgan fingerprint density at radius 3 is 2.64 bits per heavy atom. The van der Waals surface area contributed by atoms with Crippen LogP contribution in [0.4, 0.5) is 8.78 Å². The number of carbonyl (C=O) groups excluding carboxylic acids is 1. The lowest BCUT2D eigenvalue weighted by molar-refractivity contribution is 0.107. The van der Waals surface area contributed by atoms with Crippen molar-refractivity contribution in [1.29, 1.82) is 0 Å². The molecule has 14 heavy (non-hydrogen) atoms. The van der Waals surface area contributed by atoms with Crippen LogP contribution in [-0.2, 0) is 0 Å². The van der Waals surface area contributed by atoms with Crippen LogP contribution in [0.2, 0.25) is 0 Å². The maximum absolute atomic E-state index is 12.4. The van der Waals surface area contributed by atoms with Gasteiger partial charge in [-0.2, -0.15) is 0 Å². The Bertz CT molecular complexity index is 384. The Hall–Kier alpha value is -0.550. The van der Waals surface area contributed by atoms with Gasteiger partial charge in [-0.1, -0.05) is 0 Å². The van der Waals surface area contributed by atoms with Crippen LogP contribution in [0.1, 0.15) is 28.2 Å². The molecule has 2 nitrogen and oxygen atoms in total. The van der Waals surface area contributed by atoms with Crippen LogP contribution >= 0.6 is 27.5 Å². The van der Waals surface area contributed by atoms with Gasteiger partial charge in [-0.05, 0) is 40.5 Å². The van der Waals surface area contributed by atoms with E-state index in [1.165, 1.54) is 13.0 Å². The summed E-state index contributed by atoms with van der Waals surface area (Å²) in [5.41, 5.74) is -0.129. The molecule has 0 aliphatic rings. The fourth-order valence-electron chi connectivity index (χ4n) is 0.972. The molecule has 0 N–H and O–H groups in total. The molecule has 76 valence electrons. The quantitative estimate of drug-likeness (QED) is 0.778. The lowest BCUT2D eigenvalue weighted by Crippen LogP contribution is -2.02. The molecule has 6 heteroatoms. The number of rotatable bonds is 2. The summed E-state index contributed by atoms with van der Waals surface area (Å²) in [6.07, 6.45) is -2.67. The fourth-order valence-corrected chi connectivity index (χ4v) is 1.78. The normalized spacial score (nSPS) is 10.7. The van der Waals surface area contributed by atoms with Gasteiger partial charge in [-0.3, -0.25) is 4.79 Å². The first kappa shape index (κ1) is 11.5. The molecule has 1 rings (SSSR count). The molecule has 0 aliphatic carbocycles. The van der Waals surface area contributed by atoms with Crippen molar-refractivity contribution in [1.82, 2.24) is 4.98 Å². The minimum absolute atomic E-state index is 0.0434. The van der Waals surface area contributed by atoms with Crippen molar-refractivity contribution >= 4 is 32.8 Å². The average Bonchev–Trinajstić information content (AvgIpc) is 2.07. The van der Waals surface area contributed by atoms with Gasteiger partial charge in [0, 0.05) is 11.3 Å². The molecule has 0 saturated heterocycles. The van der Waals surface area contributed by atoms with E-state index >= 15 is 0 Å². The van der Waals surface area contributed by atoms with Crippen LogP contribution < -0.4 is 0 Å². The third-order valence-electron chi connectivity index (χ3n) is 1.54. The van der Waals surface area contributed by atoms with Gasteiger partial charge >= 0.3 is 0 Å². The molecule has 1 aromatic heterocycles. The number of alkyl halides is 2. The van der Waals surface area contributed by atoms with Gasteiger partial charge < -0.3 is 0 Å². The highest BCUT2D eigenvalue weighted by Gasteiger charge is 2.19. The zero-order chi connectivity index (χ0) is 10.9. The highest BCUT2D eigenvalue weighted by Crippen LogP contribution is 2.30. The SMILES string of the molecule is Cc1cc(C(F)F)c(Br)c(C(=O)Cl)n1. The van der Waals surface area contributed by atoms with E-state index in [0.717, 1.165) is 0 Å². The van der Waals surface area contributed by atoms with Crippen LogP contribution in [0.3, 0.4) is 0 Å². The maximum atomic E-state index is 12.4. The third-order valence-corrected chi connectivity index (χ3v) is 2.55. The van der Waals surface area contributed by atoms with E-state index in [9.17, 15) is 13.6 Å². The lowest BCUT2D eigenvalue weighted by atomic mass is 10.2. The molecular formula is C8H5BrClF2NO. The summed E-state index contributed by atoms with van der Waals surface area (Å²) in [6, 6.07) is 1.21. The minimum atomic E-state index is -2.67. The molecule has 0 aromatic carbocycles. The van der Waals surface area contributed by atoms with E-state index in [-0.39, 0.29) is 15.7 Å². The number of nitrogens with zero attached hydrogens (tertiary/aromatic N) is 1. The second kappa shape index (κ2) is 4.31. The van der Waals surface area contributed by atoms with E-state index in [2.05, 4.69) is 20.9 Å². The van der Waals surface area contributed by atoms with Crippen LogP contribution in [0.25, 0.3) is 0 Å². The Balaban J connectivity index is 3.40. The monoisotopic (exact) mass is 283 g/mol. The van der Waals surface area contributed by atoms with Crippen molar-refractivity contribution in [2.75, 3.05) is 0 Å². The summed E-state index contributed by atoms with van der Waals surface area (Å²) < 4.78 is 24.8. The fraction of sp³-hybridized carbons (Fsp3) is 0.250. The highest BCUT2D eigenvalue weighted by atomic mass is 79.9. The Kier molecular flexibility index (Phi) is 3.55. The Morgan fingerprint density at radius 1 is 1.64 bits per heavy atom. The molecule has 0 spiro atoms. The van der Waals surface area contributed by atoms with Crippen LogP contribution in [0.15, 0.2) is 10.5 Å². The molecular weight excluding hydrogens is 279 g/mol. The summed E-state index contributed by atoms with van der Waals surface area (Å²) in [7, 11) is 0. The first-order valence-electron chi connectivity index (χ1n) is 3.58.